The Bertz CT molecular complexity index is 1700. The number of methoxy groups -OCH3 is 1. The molecule has 0 saturated heterocycles. The summed E-state index contributed by atoms with van der Waals surface area (Å²) in [5.74, 6) is -1.16. The summed E-state index contributed by atoms with van der Waals surface area (Å²) in [6, 6.07) is 15.4. The van der Waals surface area contributed by atoms with Gasteiger partial charge in [-0.3, -0.25) is 9.35 Å². The Labute approximate surface area is 250 Å². The van der Waals surface area contributed by atoms with E-state index >= 15 is 0 Å². The molecule has 0 aromatic heterocycles. The van der Waals surface area contributed by atoms with E-state index in [9.17, 15) is 22.9 Å². The molecular formula is C25H18Cl2N3NaO6S. The van der Waals surface area contributed by atoms with Crippen LogP contribution in [0, 0.1) is 6.92 Å². The first-order valence-corrected chi connectivity index (χ1v) is 12.8. The molecule has 0 aliphatic heterocycles. The van der Waals surface area contributed by atoms with Crippen molar-refractivity contribution in [2.45, 2.75) is 11.8 Å². The summed E-state index contributed by atoms with van der Waals surface area (Å²) in [5.41, 5.74) is -0.0932. The maximum absolute atomic E-state index is 13.4. The Kier molecular flexibility index (Phi) is 9.43. The average Bonchev–Trinajstić information content (AvgIpc) is 2.85. The minimum Gasteiger partial charge on any atom is -0.870 e. The van der Waals surface area contributed by atoms with E-state index in [1.807, 2.05) is 0 Å². The van der Waals surface area contributed by atoms with Crippen LogP contribution in [0.1, 0.15) is 15.9 Å². The maximum atomic E-state index is 13.4. The number of azo groups is 1. The number of hydrogen-bond donors (Lipinski definition) is 2. The van der Waals surface area contributed by atoms with E-state index in [-0.39, 0.29) is 67.8 Å². The molecule has 0 heterocycles. The fraction of sp³-hybridized carbons (Fsp3) is 0.0800. The average molecular weight is 582 g/mol. The van der Waals surface area contributed by atoms with Crippen molar-refractivity contribution in [1.82, 2.24) is 0 Å². The summed E-state index contributed by atoms with van der Waals surface area (Å²) in [5, 5.41) is 25.3. The van der Waals surface area contributed by atoms with Gasteiger partial charge in [-0.1, -0.05) is 59.3 Å². The third-order valence-electron chi connectivity index (χ3n) is 5.49. The van der Waals surface area contributed by atoms with Crippen LogP contribution in [0.25, 0.3) is 10.8 Å². The van der Waals surface area contributed by atoms with Crippen LogP contribution in [0.5, 0.6) is 11.5 Å². The molecule has 0 fully saturated rings. The number of nitrogens with one attached hydrogen (secondary N) is 1. The number of amides is 1. The molecule has 0 aliphatic rings. The van der Waals surface area contributed by atoms with Crippen molar-refractivity contribution in [2.24, 2.45) is 10.2 Å². The molecular weight excluding hydrogens is 564 g/mol. The van der Waals surface area contributed by atoms with Gasteiger partial charge in [0, 0.05) is 16.0 Å². The number of carbonyl (C=O) groups is 1. The number of hydrogen-bond acceptors (Lipinski definition) is 7. The van der Waals surface area contributed by atoms with Gasteiger partial charge in [0.2, 0.25) is 0 Å². The van der Waals surface area contributed by atoms with Crippen LogP contribution in [0.3, 0.4) is 0 Å². The topological polar surface area (TPSA) is 140 Å². The van der Waals surface area contributed by atoms with E-state index in [1.54, 1.807) is 42.5 Å². The largest absolute Gasteiger partial charge is 1.00 e. The summed E-state index contributed by atoms with van der Waals surface area (Å²) in [6.07, 6.45) is 0. The molecule has 190 valence electrons. The first kappa shape index (κ1) is 29.9. The Balaban J connectivity index is 0.00000400. The SMILES string of the molecule is COc1cccc(Cl)c1NC(=O)c1cc2ccccc2c(N=Nc2cc(Cl)cc(S(=O)(=O)O)c2C)c1[O-].[Na+]. The summed E-state index contributed by atoms with van der Waals surface area (Å²) in [7, 11) is -3.17. The fourth-order valence-corrected chi connectivity index (χ4v) is 4.93. The molecule has 0 bridgehead atoms. The zero-order valence-corrected chi connectivity index (χ0v) is 24.6. The molecule has 2 N–H and O–H groups in total. The molecule has 0 spiro atoms. The molecule has 4 aromatic rings. The molecule has 9 nitrogen and oxygen atoms in total. The Morgan fingerprint density at radius 2 is 1.76 bits per heavy atom. The number of nitrogens with zero attached hydrogens (tertiary/aromatic N) is 2. The van der Waals surface area contributed by atoms with Crippen molar-refractivity contribution >= 4 is 67.1 Å². The third kappa shape index (κ3) is 6.13. The van der Waals surface area contributed by atoms with Crippen LogP contribution >= 0.6 is 23.2 Å². The molecule has 0 radical (unpaired) electrons. The molecule has 1 amide bonds. The molecule has 0 saturated carbocycles. The predicted molar refractivity (Wildman–Crippen MR) is 140 cm³/mol. The number of halogens is 2. The fourth-order valence-electron chi connectivity index (χ4n) is 3.67. The quantitative estimate of drug-likeness (QED) is 0.203. The first-order chi connectivity index (χ1) is 17.5. The molecule has 0 atom stereocenters. The maximum Gasteiger partial charge on any atom is 1.00 e. The van der Waals surface area contributed by atoms with Gasteiger partial charge in [0.25, 0.3) is 16.0 Å². The van der Waals surface area contributed by atoms with Gasteiger partial charge in [-0.25, -0.2) is 0 Å². The van der Waals surface area contributed by atoms with Crippen LogP contribution in [-0.4, -0.2) is 26.0 Å². The second-order valence-corrected chi connectivity index (χ2v) is 10.1. The second-order valence-electron chi connectivity index (χ2n) is 7.82. The number of anilines is 1. The predicted octanol–water partition coefficient (Wildman–Crippen LogP) is 3.46. The van der Waals surface area contributed by atoms with Crippen molar-refractivity contribution in [1.29, 1.82) is 0 Å². The monoisotopic (exact) mass is 581 g/mol. The van der Waals surface area contributed by atoms with E-state index in [4.69, 9.17) is 27.9 Å². The van der Waals surface area contributed by atoms with Crippen LogP contribution in [0.15, 0.2) is 75.8 Å². The number of fused-ring (bicyclic) bond motifs is 1. The van der Waals surface area contributed by atoms with Crippen molar-refractivity contribution < 1.29 is 57.2 Å². The Morgan fingerprint density at radius 1 is 1.05 bits per heavy atom. The normalized spacial score (nSPS) is 11.4. The van der Waals surface area contributed by atoms with E-state index in [0.29, 0.717) is 16.5 Å². The second kappa shape index (κ2) is 12.0. The standard InChI is InChI=1S/C25H19Cl2N3O6S.Na/c1-13-19(11-15(26)12-21(13)37(33,34)35)29-30-22-16-7-4-3-6-14(16)10-17(24(22)31)25(32)28-23-18(27)8-5-9-20(23)36-2;/h3-12,31H,1-2H3,(H,28,32)(H,33,34,35);/q;+1/p-1. The zero-order valence-electron chi connectivity index (χ0n) is 20.3. The van der Waals surface area contributed by atoms with E-state index in [1.165, 1.54) is 26.2 Å². The van der Waals surface area contributed by atoms with Gasteiger partial charge in [-0.2, -0.15) is 18.6 Å². The van der Waals surface area contributed by atoms with Gasteiger partial charge in [0.15, 0.2) is 0 Å². The summed E-state index contributed by atoms with van der Waals surface area (Å²) in [4.78, 5) is 12.7. The molecule has 38 heavy (non-hydrogen) atoms. The van der Waals surface area contributed by atoms with E-state index in [0.717, 1.165) is 6.07 Å². The van der Waals surface area contributed by atoms with Gasteiger partial charge < -0.3 is 15.2 Å². The van der Waals surface area contributed by atoms with Crippen LogP contribution < -0.4 is 44.7 Å². The number of ether oxygens (including phenoxy) is 1. The van der Waals surface area contributed by atoms with Gasteiger partial charge >= 0.3 is 29.6 Å². The third-order valence-corrected chi connectivity index (χ3v) is 7.00. The summed E-state index contributed by atoms with van der Waals surface area (Å²) >= 11 is 12.2. The van der Waals surface area contributed by atoms with Crippen LogP contribution in [0.4, 0.5) is 17.1 Å². The molecule has 4 aromatic carbocycles. The van der Waals surface area contributed by atoms with Crippen LogP contribution in [0.2, 0.25) is 10.0 Å². The van der Waals surface area contributed by atoms with Gasteiger partial charge in [0.1, 0.15) is 16.3 Å². The Hall–Kier alpha value is -2.70. The van der Waals surface area contributed by atoms with Crippen LogP contribution in [-0.2, 0) is 10.1 Å². The summed E-state index contributed by atoms with van der Waals surface area (Å²) < 4.78 is 38.2. The number of rotatable bonds is 6. The van der Waals surface area contributed by atoms with Gasteiger partial charge in [-0.15, -0.1) is 0 Å². The number of benzene rings is 4. The van der Waals surface area contributed by atoms with Gasteiger partial charge in [-0.05, 0) is 48.2 Å². The first-order valence-electron chi connectivity index (χ1n) is 10.6. The molecule has 0 unspecified atom stereocenters. The van der Waals surface area contributed by atoms with E-state index in [2.05, 4.69) is 15.5 Å². The van der Waals surface area contributed by atoms with E-state index < -0.39 is 26.7 Å². The molecule has 4 rings (SSSR count). The minimum atomic E-state index is -4.58. The minimum absolute atomic E-state index is 0. The van der Waals surface area contributed by atoms with Crippen molar-refractivity contribution in [3.63, 3.8) is 0 Å². The smallest absolute Gasteiger partial charge is 0.870 e. The molecule has 13 heteroatoms. The van der Waals surface area contributed by atoms with Crippen molar-refractivity contribution in [3.8, 4) is 11.5 Å². The zero-order chi connectivity index (χ0) is 26.9. The Morgan fingerprint density at radius 3 is 2.45 bits per heavy atom. The van der Waals surface area contributed by atoms with Crippen molar-refractivity contribution in [3.05, 3.63) is 81.8 Å². The van der Waals surface area contributed by atoms with Gasteiger partial charge in [0.05, 0.1) is 23.5 Å². The number of carbonyl (C=O) groups excluding carboxylic acids is 1. The summed E-state index contributed by atoms with van der Waals surface area (Å²) in [6.45, 7) is 1.41. The van der Waals surface area contributed by atoms with Crippen molar-refractivity contribution in [2.75, 3.05) is 12.4 Å². The molecule has 0 aliphatic carbocycles. The number of para-hydroxylation sites is 1.